The van der Waals surface area contributed by atoms with Crippen LogP contribution >= 0.6 is 11.6 Å². The highest BCUT2D eigenvalue weighted by atomic mass is 35.5. The van der Waals surface area contributed by atoms with E-state index in [0.717, 1.165) is 17.0 Å². The second-order valence-electron chi connectivity index (χ2n) is 4.86. The number of amides is 1. The molecule has 0 radical (unpaired) electrons. The van der Waals surface area contributed by atoms with Crippen molar-refractivity contribution in [3.05, 3.63) is 71.3 Å². The smallest absolute Gasteiger partial charge is 0.256 e. The van der Waals surface area contributed by atoms with Crippen molar-refractivity contribution in [2.45, 2.75) is 6.04 Å². The maximum atomic E-state index is 12.1. The first-order valence-corrected chi connectivity index (χ1v) is 6.91. The molecule has 0 saturated carbocycles. The summed E-state index contributed by atoms with van der Waals surface area (Å²) in [6.45, 7) is 3.89. The number of methoxy groups -OCH3 is 1. The molecule has 0 spiro atoms. The van der Waals surface area contributed by atoms with E-state index in [1.165, 1.54) is 0 Å². The topological polar surface area (TPSA) is 29.5 Å². The second-order valence-corrected chi connectivity index (χ2v) is 5.29. The first-order valence-electron chi connectivity index (χ1n) is 6.53. The standard InChI is InChI=1S/C17H14ClNO2/c1-11-16(12-4-3-5-15(10-12)21-2)19(17(11)20)14-8-6-13(18)7-9-14/h3-10,16H,1H2,2H3/t16-/m0/s1. The van der Waals surface area contributed by atoms with Gasteiger partial charge >= 0.3 is 0 Å². The van der Waals surface area contributed by atoms with E-state index >= 15 is 0 Å². The molecule has 1 fully saturated rings. The number of benzene rings is 2. The van der Waals surface area contributed by atoms with Gasteiger partial charge in [-0.2, -0.15) is 0 Å². The van der Waals surface area contributed by atoms with Crippen molar-refractivity contribution in [2.75, 3.05) is 12.0 Å². The molecule has 0 N–H and O–H groups in total. The third-order valence-electron chi connectivity index (χ3n) is 3.60. The Morgan fingerprint density at radius 2 is 1.90 bits per heavy atom. The van der Waals surface area contributed by atoms with Gasteiger partial charge in [0.15, 0.2) is 0 Å². The lowest BCUT2D eigenvalue weighted by Crippen LogP contribution is -2.48. The number of ether oxygens (including phenoxy) is 1. The highest BCUT2D eigenvalue weighted by molar-refractivity contribution is 6.30. The molecule has 3 rings (SSSR count). The highest BCUT2D eigenvalue weighted by Gasteiger charge is 2.42. The lowest BCUT2D eigenvalue weighted by atomic mass is 9.88. The van der Waals surface area contributed by atoms with Gasteiger partial charge in [0.05, 0.1) is 13.2 Å². The molecule has 2 aromatic rings. The second kappa shape index (κ2) is 5.26. The summed E-state index contributed by atoms with van der Waals surface area (Å²) >= 11 is 5.90. The van der Waals surface area contributed by atoms with Crippen LogP contribution in [0.15, 0.2) is 60.7 Å². The first kappa shape index (κ1) is 13.7. The van der Waals surface area contributed by atoms with Crippen LogP contribution in [-0.2, 0) is 4.79 Å². The molecule has 1 heterocycles. The summed E-state index contributed by atoms with van der Waals surface area (Å²) < 4.78 is 5.24. The maximum Gasteiger partial charge on any atom is 0.256 e. The molecule has 1 aliphatic heterocycles. The van der Waals surface area contributed by atoms with E-state index in [4.69, 9.17) is 16.3 Å². The van der Waals surface area contributed by atoms with E-state index in [2.05, 4.69) is 6.58 Å². The van der Waals surface area contributed by atoms with Crippen molar-refractivity contribution < 1.29 is 9.53 Å². The van der Waals surface area contributed by atoms with Crippen LogP contribution in [-0.4, -0.2) is 13.0 Å². The molecule has 0 bridgehead atoms. The Morgan fingerprint density at radius 1 is 1.19 bits per heavy atom. The van der Waals surface area contributed by atoms with Gasteiger partial charge in [0.1, 0.15) is 5.75 Å². The summed E-state index contributed by atoms with van der Waals surface area (Å²) in [5, 5.41) is 0.642. The minimum Gasteiger partial charge on any atom is -0.497 e. The number of anilines is 1. The Labute approximate surface area is 128 Å². The number of hydrogen-bond donors (Lipinski definition) is 0. The Kier molecular flexibility index (Phi) is 3.43. The Balaban J connectivity index is 1.98. The van der Waals surface area contributed by atoms with Crippen LogP contribution in [0, 0.1) is 0 Å². The van der Waals surface area contributed by atoms with Crippen molar-refractivity contribution >= 4 is 23.2 Å². The largest absolute Gasteiger partial charge is 0.497 e. The lowest BCUT2D eigenvalue weighted by molar-refractivity contribution is -0.118. The van der Waals surface area contributed by atoms with E-state index in [-0.39, 0.29) is 11.9 Å². The molecule has 1 amide bonds. The van der Waals surface area contributed by atoms with E-state index in [0.29, 0.717) is 10.6 Å². The van der Waals surface area contributed by atoms with Crippen LogP contribution in [0.5, 0.6) is 5.75 Å². The molecule has 0 aromatic heterocycles. The summed E-state index contributed by atoms with van der Waals surface area (Å²) in [6, 6.07) is 14.7. The average molecular weight is 300 g/mol. The van der Waals surface area contributed by atoms with Crippen molar-refractivity contribution in [2.24, 2.45) is 0 Å². The predicted octanol–water partition coefficient (Wildman–Crippen LogP) is 3.99. The lowest BCUT2D eigenvalue weighted by Gasteiger charge is -2.42. The van der Waals surface area contributed by atoms with Crippen molar-refractivity contribution in [3.8, 4) is 5.75 Å². The molecule has 1 atom stereocenters. The minimum atomic E-state index is -0.159. The molecule has 3 nitrogen and oxygen atoms in total. The average Bonchev–Trinajstić information content (AvgIpc) is 2.52. The van der Waals surface area contributed by atoms with E-state index in [9.17, 15) is 4.79 Å². The van der Waals surface area contributed by atoms with Gasteiger partial charge in [-0.3, -0.25) is 9.69 Å². The Morgan fingerprint density at radius 3 is 2.57 bits per heavy atom. The van der Waals surface area contributed by atoms with Crippen LogP contribution in [0.1, 0.15) is 11.6 Å². The minimum absolute atomic E-state index is 0.0647. The third kappa shape index (κ3) is 2.30. The number of carbonyl (C=O) groups excluding carboxylic acids is 1. The summed E-state index contributed by atoms with van der Waals surface area (Å²) in [4.78, 5) is 13.9. The SMILES string of the molecule is C=C1C(=O)N(c2ccc(Cl)cc2)[C@@H]1c1cccc(OC)c1. The summed E-state index contributed by atoms with van der Waals surface area (Å²) in [7, 11) is 1.62. The molecule has 21 heavy (non-hydrogen) atoms. The van der Waals surface area contributed by atoms with Gasteiger partial charge in [-0.15, -0.1) is 0 Å². The molecule has 0 unspecified atom stereocenters. The molecular weight excluding hydrogens is 286 g/mol. The zero-order chi connectivity index (χ0) is 15.0. The van der Waals surface area contributed by atoms with Gasteiger partial charge in [-0.25, -0.2) is 0 Å². The van der Waals surface area contributed by atoms with Gasteiger partial charge in [0.25, 0.3) is 5.91 Å². The zero-order valence-corrected chi connectivity index (χ0v) is 12.3. The summed E-state index contributed by atoms with van der Waals surface area (Å²) in [5.41, 5.74) is 2.37. The zero-order valence-electron chi connectivity index (χ0n) is 11.5. The molecule has 106 valence electrons. The first-order chi connectivity index (χ1) is 10.1. The summed E-state index contributed by atoms with van der Waals surface area (Å²) in [6.07, 6.45) is 0. The summed E-state index contributed by atoms with van der Waals surface area (Å²) in [5.74, 6) is 0.695. The molecular formula is C17H14ClNO2. The van der Waals surface area contributed by atoms with Crippen molar-refractivity contribution in [1.82, 2.24) is 0 Å². The van der Waals surface area contributed by atoms with E-state index in [1.807, 2.05) is 36.4 Å². The van der Waals surface area contributed by atoms with Gasteiger partial charge in [-0.1, -0.05) is 30.3 Å². The van der Waals surface area contributed by atoms with Gasteiger partial charge in [0.2, 0.25) is 0 Å². The Bertz CT molecular complexity index is 709. The van der Waals surface area contributed by atoms with Crippen molar-refractivity contribution in [3.63, 3.8) is 0 Å². The molecule has 1 saturated heterocycles. The number of halogens is 1. The number of β-lactam (4-membered cyclic amide) rings is 1. The highest BCUT2D eigenvalue weighted by Crippen LogP contribution is 2.42. The Hall–Kier alpha value is -2.26. The molecule has 4 heteroatoms. The number of carbonyl (C=O) groups is 1. The number of rotatable bonds is 3. The fraction of sp³-hybridized carbons (Fsp3) is 0.118. The van der Waals surface area contributed by atoms with Crippen LogP contribution in [0.25, 0.3) is 0 Å². The third-order valence-corrected chi connectivity index (χ3v) is 3.85. The van der Waals surface area contributed by atoms with E-state index in [1.54, 1.807) is 24.1 Å². The van der Waals surface area contributed by atoms with Crippen LogP contribution in [0.4, 0.5) is 5.69 Å². The number of hydrogen-bond acceptors (Lipinski definition) is 2. The normalized spacial score (nSPS) is 17.6. The van der Waals surface area contributed by atoms with Crippen LogP contribution in [0.3, 0.4) is 0 Å². The quantitative estimate of drug-likeness (QED) is 0.633. The fourth-order valence-electron chi connectivity index (χ4n) is 2.51. The predicted molar refractivity (Wildman–Crippen MR) is 83.8 cm³/mol. The number of nitrogens with zero attached hydrogens (tertiary/aromatic N) is 1. The fourth-order valence-corrected chi connectivity index (χ4v) is 2.63. The van der Waals surface area contributed by atoms with Gasteiger partial charge < -0.3 is 4.74 Å². The molecule has 0 aliphatic carbocycles. The van der Waals surface area contributed by atoms with Crippen molar-refractivity contribution in [1.29, 1.82) is 0 Å². The van der Waals surface area contributed by atoms with Crippen LogP contribution < -0.4 is 9.64 Å². The van der Waals surface area contributed by atoms with Gasteiger partial charge in [0, 0.05) is 16.3 Å². The molecule has 1 aliphatic rings. The van der Waals surface area contributed by atoms with E-state index < -0.39 is 0 Å². The molecule has 2 aromatic carbocycles. The van der Waals surface area contributed by atoms with Gasteiger partial charge in [-0.05, 0) is 42.0 Å². The monoisotopic (exact) mass is 299 g/mol. The maximum absolute atomic E-state index is 12.1. The van der Waals surface area contributed by atoms with Crippen LogP contribution in [0.2, 0.25) is 5.02 Å².